The third-order valence-corrected chi connectivity index (χ3v) is 4.17. The Labute approximate surface area is 120 Å². The molecule has 1 saturated heterocycles. The summed E-state index contributed by atoms with van der Waals surface area (Å²) >= 11 is 0. The van der Waals surface area contributed by atoms with E-state index in [-0.39, 0.29) is 11.9 Å². The number of hydrogen-bond acceptors (Lipinski definition) is 3. The van der Waals surface area contributed by atoms with Crippen molar-refractivity contribution in [3.63, 3.8) is 0 Å². The van der Waals surface area contributed by atoms with Crippen molar-refractivity contribution in [1.82, 2.24) is 10.6 Å². The number of amides is 1. The Morgan fingerprint density at radius 2 is 2.15 bits per heavy atom. The minimum Gasteiger partial charge on any atom is -0.496 e. The van der Waals surface area contributed by atoms with Gasteiger partial charge < -0.3 is 15.4 Å². The Morgan fingerprint density at radius 1 is 1.40 bits per heavy atom. The van der Waals surface area contributed by atoms with Crippen molar-refractivity contribution >= 4 is 5.91 Å². The van der Waals surface area contributed by atoms with E-state index < -0.39 is 0 Å². The van der Waals surface area contributed by atoms with Gasteiger partial charge in [-0.3, -0.25) is 4.79 Å². The Balaban J connectivity index is 2.08. The Kier molecular flexibility index (Phi) is 4.65. The number of carbonyl (C=O) groups is 1. The predicted molar refractivity (Wildman–Crippen MR) is 80.1 cm³/mol. The minimum atomic E-state index is -0.0178. The summed E-state index contributed by atoms with van der Waals surface area (Å²) in [6.45, 7) is 7.69. The Hall–Kier alpha value is -1.55. The first-order valence-corrected chi connectivity index (χ1v) is 7.19. The summed E-state index contributed by atoms with van der Waals surface area (Å²) < 4.78 is 5.42. The minimum absolute atomic E-state index is 0.0178. The van der Waals surface area contributed by atoms with E-state index in [4.69, 9.17) is 4.74 Å². The fraction of sp³-hybridized carbons (Fsp3) is 0.562. The quantitative estimate of drug-likeness (QED) is 0.884. The second kappa shape index (κ2) is 6.27. The number of ether oxygens (including phenoxy) is 1. The predicted octanol–water partition coefficient (Wildman–Crippen LogP) is 1.99. The summed E-state index contributed by atoms with van der Waals surface area (Å²) in [5.74, 6) is 1.04. The van der Waals surface area contributed by atoms with Crippen molar-refractivity contribution in [1.29, 1.82) is 0 Å². The molecular weight excluding hydrogens is 252 g/mol. The van der Waals surface area contributed by atoms with Gasteiger partial charge >= 0.3 is 0 Å². The molecule has 1 aliphatic rings. The lowest BCUT2D eigenvalue weighted by Crippen LogP contribution is -2.40. The maximum atomic E-state index is 12.0. The van der Waals surface area contributed by atoms with Crippen LogP contribution in [0.4, 0.5) is 0 Å². The van der Waals surface area contributed by atoms with Crippen LogP contribution in [0.1, 0.15) is 35.1 Å². The fourth-order valence-corrected chi connectivity index (χ4v) is 2.85. The lowest BCUT2D eigenvalue weighted by Gasteiger charge is -2.17. The van der Waals surface area contributed by atoms with Gasteiger partial charge in [-0.25, -0.2) is 0 Å². The third-order valence-electron chi connectivity index (χ3n) is 4.17. The van der Waals surface area contributed by atoms with Crippen LogP contribution < -0.4 is 15.4 Å². The molecule has 1 amide bonds. The van der Waals surface area contributed by atoms with Crippen LogP contribution in [-0.4, -0.2) is 25.6 Å². The smallest absolute Gasteiger partial charge is 0.237 e. The molecule has 110 valence electrons. The summed E-state index contributed by atoms with van der Waals surface area (Å²) in [6.07, 6.45) is 2.02. The Bertz CT molecular complexity index is 506. The van der Waals surface area contributed by atoms with Gasteiger partial charge in [0.15, 0.2) is 0 Å². The molecule has 4 heteroatoms. The molecule has 1 aromatic rings. The molecule has 1 fully saturated rings. The molecule has 1 aliphatic heterocycles. The zero-order valence-corrected chi connectivity index (χ0v) is 12.8. The van der Waals surface area contributed by atoms with Gasteiger partial charge in [0, 0.05) is 6.54 Å². The topological polar surface area (TPSA) is 50.4 Å². The van der Waals surface area contributed by atoms with E-state index in [1.54, 1.807) is 7.11 Å². The number of rotatable bonds is 4. The molecule has 20 heavy (non-hydrogen) atoms. The van der Waals surface area contributed by atoms with Crippen LogP contribution >= 0.6 is 0 Å². The molecule has 0 radical (unpaired) electrons. The molecular formula is C16H24N2O2. The van der Waals surface area contributed by atoms with Crippen molar-refractivity contribution in [3.8, 4) is 5.75 Å². The van der Waals surface area contributed by atoms with Gasteiger partial charge in [0.2, 0.25) is 5.91 Å². The van der Waals surface area contributed by atoms with E-state index in [2.05, 4.69) is 30.5 Å². The molecule has 1 atom stereocenters. The highest BCUT2D eigenvalue weighted by molar-refractivity contribution is 5.82. The third kappa shape index (κ3) is 2.96. The van der Waals surface area contributed by atoms with Gasteiger partial charge in [-0.1, -0.05) is 6.07 Å². The van der Waals surface area contributed by atoms with E-state index in [0.717, 1.165) is 41.8 Å². The van der Waals surface area contributed by atoms with Gasteiger partial charge in [-0.05, 0) is 62.4 Å². The summed E-state index contributed by atoms with van der Waals surface area (Å²) in [6, 6.07) is 2.08. The number of hydrogen-bond donors (Lipinski definition) is 2. The summed E-state index contributed by atoms with van der Waals surface area (Å²) in [5.41, 5.74) is 4.61. The molecule has 4 nitrogen and oxygen atoms in total. The van der Waals surface area contributed by atoms with Crippen molar-refractivity contribution in [2.45, 2.75) is 46.2 Å². The first-order chi connectivity index (χ1) is 9.54. The molecule has 2 N–H and O–H groups in total. The molecule has 0 aliphatic carbocycles. The standard InChI is InChI=1S/C16H24N2O2/c1-10-8-13(11(2)12(3)15(10)20-4)9-18-16(19)14-6-5-7-17-14/h8,14,17H,5-7,9H2,1-4H3,(H,18,19). The van der Waals surface area contributed by atoms with Crippen molar-refractivity contribution < 1.29 is 9.53 Å². The van der Waals surface area contributed by atoms with Gasteiger partial charge in [-0.15, -0.1) is 0 Å². The highest BCUT2D eigenvalue weighted by Crippen LogP contribution is 2.28. The monoisotopic (exact) mass is 276 g/mol. The maximum absolute atomic E-state index is 12.0. The number of methoxy groups -OCH3 is 1. The lowest BCUT2D eigenvalue weighted by molar-refractivity contribution is -0.122. The van der Waals surface area contributed by atoms with Gasteiger partial charge in [0.25, 0.3) is 0 Å². The first-order valence-electron chi connectivity index (χ1n) is 7.19. The van der Waals surface area contributed by atoms with Crippen LogP contribution in [0, 0.1) is 20.8 Å². The zero-order valence-electron chi connectivity index (χ0n) is 12.8. The summed E-state index contributed by atoms with van der Waals surface area (Å²) in [7, 11) is 1.70. The highest BCUT2D eigenvalue weighted by Gasteiger charge is 2.21. The summed E-state index contributed by atoms with van der Waals surface area (Å²) in [5, 5.41) is 6.25. The van der Waals surface area contributed by atoms with Crippen LogP contribution in [0.2, 0.25) is 0 Å². The molecule has 0 aromatic heterocycles. The Morgan fingerprint density at radius 3 is 2.75 bits per heavy atom. The molecule has 1 aromatic carbocycles. The largest absolute Gasteiger partial charge is 0.496 e. The van der Waals surface area contributed by atoms with E-state index in [9.17, 15) is 4.79 Å². The zero-order chi connectivity index (χ0) is 14.7. The molecule has 0 spiro atoms. The maximum Gasteiger partial charge on any atom is 0.237 e. The van der Waals surface area contributed by atoms with Crippen LogP contribution in [-0.2, 0) is 11.3 Å². The van der Waals surface area contributed by atoms with Crippen LogP contribution in [0.5, 0.6) is 5.75 Å². The van der Waals surface area contributed by atoms with Gasteiger partial charge in [0.05, 0.1) is 13.2 Å². The lowest BCUT2D eigenvalue weighted by atomic mass is 9.98. The molecule has 1 heterocycles. The molecule has 0 bridgehead atoms. The average molecular weight is 276 g/mol. The number of aryl methyl sites for hydroxylation is 1. The van der Waals surface area contributed by atoms with Gasteiger partial charge in [-0.2, -0.15) is 0 Å². The fourth-order valence-electron chi connectivity index (χ4n) is 2.85. The SMILES string of the molecule is COc1c(C)cc(CNC(=O)C2CCCN2)c(C)c1C. The second-order valence-corrected chi connectivity index (χ2v) is 5.50. The second-order valence-electron chi connectivity index (χ2n) is 5.50. The van der Waals surface area contributed by atoms with Crippen molar-refractivity contribution in [3.05, 3.63) is 28.3 Å². The molecule has 1 unspecified atom stereocenters. The highest BCUT2D eigenvalue weighted by atomic mass is 16.5. The van der Waals surface area contributed by atoms with Crippen molar-refractivity contribution in [2.24, 2.45) is 0 Å². The van der Waals surface area contributed by atoms with Gasteiger partial charge in [0.1, 0.15) is 5.75 Å². The number of carbonyl (C=O) groups excluding carboxylic acids is 1. The van der Waals surface area contributed by atoms with Crippen LogP contribution in [0.25, 0.3) is 0 Å². The summed E-state index contributed by atoms with van der Waals surface area (Å²) in [4.78, 5) is 12.0. The normalized spacial score (nSPS) is 18.1. The number of benzene rings is 1. The van der Waals surface area contributed by atoms with E-state index >= 15 is 0 Å². The van der Waals surface area contributed by atoms with Crippen LogP contribution in [0.15, 0.2) is 6.07 Å². The van der Waals surface area contributed by atoms with E-state index in [1.807, 2.05) is 6.92 Å². The average Bonchev–Trinajstić information content (AvgIpc) is 2.95. The van der Waals surface area contributed by atoms with Crippen LogP contribution in [0.3, 0.4) is 0 Å². The van der Waals surface area contributed by atoms with Crippen molar-refractivity contribution in [2.75, 3.05) is 13.7 Å². The molecule has 0 saturated carbocycles. The number of nitrogens with one attached hydrogen (secondary N) is 2. The van der Waals surface area contributed by atoms with E-state index in [0.29, 0.717) is 6.54 Å². The molecule has 2 rings (SSSR count). The van der Waals surface area contributed by atoms with E-state index in [1.165, 1.54) is 5.56 Å². The first kappa shape index (κ1) is 14.9.